The van der Waals surface area contributed by atoms with E-state index in [-0.39, 0.29) is 5.41 Å². The highest BCUT2D eigenvalue weighted by molar-refractivity contribution is 7.08. The van der Waals surface area contributed by atoms with Crippen LogP contribution in [0.4, 0.5) is 0 Å². The van der Waals surface area contributed by atoms with Gasteiger partial charge in [-0.3, -0.25) is 0 Å². The summed E-state index contributed by atoms with van der Waals surface area (Å²) in [5, 5.41) is 18.3. The first-order chi connectivity index (χ1) is 9.43. The van der Waals surface area contributed by atoms with E-state index in [9.17, 15) is 5.11 Å². The number of aliphatic hydroxyl groups is 1. The molecule has 1 saturated carbocycles. The predicted octanol–water partition coefficient (Wildman–Crippen LogP) is 2.75. The van der Waals surface area contributed by atoms with Gasteiger partial charge in [-0.25, -0.2) is 0 Å². The Morgan fingerprint density at radius 2 is 2.35 bits per heavy atom. The molecule has 2 aliphatic rings. The molecule has 112 valence electrons. The van der Waals surface area contributed by atoms with Crippen molar-refractivity contribution >= 4 is 11.3 Å². The summed E-state index contributed by atoms with van der Waals surface area (Å²) in [6, 6.07) is 2.45. The molecule has 1 saturated heterocycles. The SMILES string of the molecule is CC(O)(CNC1C2CCCOC2C1(C)C)c1ccsc1. The summed E-state index contributed by atoms with van der Waals surface area (Å²) < 4.78 is 5.93. The number of fused-ring (bicyclic) bond motifs is 1. The standard InChI is InChI=1S/C16H25NO2S/c1-15(2)13(12-5-4-7-19-14(12)15)17-10-16(3,18)11-6-8-20-9-11/h6,8-9,12-14,17-18H,4-5,7,10H2,1-3H3. The van der Waals surface area contributed by atoms with E-state index >= 15 is 0 Å². The molecule has 1 aromatic heterocycles. The Morgan fingerprint density at radius 3 is 3.05 bits per heavy atom. The number of hydrogen-bond donors (Lipinski definition) is 2. The quantitative estimate of drug-likeness (QED) is 0.897. The summed E-state index contributed by atoms with van der Waals surface area (Å²) in [5.41, 5.74) is 0.371. The van der Waals surface area contributed by atoms with Crippen molar-refractivity contribution in [3.63, 3.8) is 0 Å². The average molecular weight is 295 g/mol. The number of thiophene rings is 1. The van der Waals surface area contributed by atoms with Crippen molar-refractivity contribution in [1.29, 1.82) is 0 Å². The van der Waals surface area contributed by atoms with Gasteiger partial charge in [0.2, 0.25) is 0 Å². The van der Waals surface area contributed by atoms with Gasteiger partial charge in [0.15, 0.2) is 0 Å². The third kappa shape index (κ3) is 2.33. The van der Waals surface area contributed by atoms with Gasteiger partial charge >= 0.3 is 0 Å². The second kappa shape index (κ2) is 5.09. The van der Waals surface area contributed by atoms with Crippen LogP contribution < -0.4 is 5.32 Å². The average Bonchev–Trinajstić information content (AvgIpc) is 2.93. The lowest BCUT2D eigenvalue weighted by molar-refractivity contribution is -0.194. The summed E-state index contributed by atoms with van der Waals surface area (Å²) in [7, 11) is 0. The molecule has 4 atom stereocenters. The van der Waals surface area contributed by atoms with Crippen molar-refractivity contribution < 1.29 is 9.84 Å². The van der Waals surface area contributed by atoms with Crippen LogP contribution in [0.2, 0.25) is 0 Å². The molecule has 2 N–H and O–H groups in total. The first-order valence-electron chi connectivity index (χ1n) is 7.53. The lowest BCUT2D eigenvalue weighted by Crippen LogP contribution is -2.70. The maximum atomic E-state index is 10.6. The molecule has 2 fully saturated rings. The first kappa shape index (κ1) is 14.5. The fourth-order valence-corrected chi connectivity index (χ4v) is 4.70. The Bertz CT molecular complexity index is 455. The van der Waals surface area contributed by atoms with E-state index in [2.05, 4.69) is 19.2 Å². The van der Waals surface area contributed by atoms with E-state index in [0.29, 0.717) is 24.6 Å². The zero-order chi connectivity index (χ0) is 14.4. The van der Waals surface area contributed by atoms with Crippen LogP contribution in [0, 0.1) is 11.3 Å². The number of nitrogens with one attached hydrogen (secondary N) is 1. The van der Waals surface area contributed by atoms with Gasteiger partial charge in [0.1, 0.15) is 0 Å². The van der Waals surface area contributed by atoms with Crippen molar-refractivity contribution in [1.82, 2.24) is 5.32 Å². The highest BCUT2D eigenvalue weighted by Gasteiger charge is 2.57. The number of rotatable bonds is 4. The van der Waals surface area contributed by atoms with Crippen LogP contribution in [0.15, 0.2) is 16.8 Å². The highest BCUT2D eigenvalue weighted by atomic mass is 32.1. The summed E-state index contributed by atoms with van der Waals surface area (Å²) in [4.78, 5) is 0. The number of ether oxygens (including phenoxy) is 1. The Morgan fingerprint density at radius 1 is 1.55 bits per heavy atom. The van der Waals surface area contributed by atoms with E-state index < -0.39 is 5.60 Å². The lowest BCUT2D eigenvalue weighted by atomic mass is 9.55. The molecular weight excluding hydrogens is 270 g/mol. The summed E-state index contributed by atoms with van der Waals surface area (Å²) in [5.74, 6) is 0.608. The fourth-order valence-electron chi connectivity index (χ4n) is 3.92. The molecule has 3 nitrogen and oxygen atoms in total. The normalized spacial score (nSPS) is 34.9. The van der Waals surface area contributed by atoms with Gasteiger partial charge in [-0.05, 0) is 42.2 Å². The van der Waals surface area contributed by atoms with Crippen LogP contribution in [-0.2, 0) is 10.3 Å². The molecule has 0 aromatic carbocycles. The van der Waals surface area contributed by atoms with E-state index in [4.69, 9.17) is 4.74 Å². The Balaban J connectivity index is 1.63. The molecule has 2 heterocycles. The summed E-state index contributed by atoms with van der Waals surface area (Å²) in [6.07, 6.45) is 2.79. The van der Waals surface area contributed by atoms with Crippen molar-refractivity contribution in [3.05, 3.63) is 22.4 Å². The van der Waals surface area contributed by atoms with Gasteiger partial charge in [0.05, 0.1) is 11.7 Å². The Hall–Kier alpha value is -0.420. The molecular formula is C16H25NO2S. The van der Waals surface area contributed by atoms with Gasteiger partial charge in [-0.15, -0.1) is 0 Å². The van der Waals surface area contributed by atoms with Crippen molar-refractivity contribution in [2.45, 2.75) is 51.4 Å². The molecule has 4 heteroatoms. The van der Waals surface area contributed by atoms with E-state index in [1.54, 1.807) is 11.3 Å². The zero-order valence-electron chi connectivity index (χ0n) is 12.6. The maximum absolute atomic E-state index is 10.6. The van der Waals surface area contributed by atoms with Crippen LogP contribution in [0.5, 0.6) is 0 Å². The first-order valence-corrected chi connectivity index (χ1v) is 8.47. The van der Waals surface area contributed by atoms with Gasteiger partial charge in [0, 0.05) is 30.5 Å². The smallest absolute Gasteiger partial charge is 0.1000 e. The molecule has 4 unspecified atom stereocenters. The van der Waals surface area contributed by atoms with Gasteiger partial charge in [-0.1, -0.05) is 13.8 Å². The van der Waals surface area contributed by atoms with E-state index in [1.807, 2.05) is 23.8 Å². The monoisotopic (exact) mass is 295 g/mol. The Kier molecular flexibility index (Phi) is 3.70. The minimum absolute atomic E-state index is 0.163. The predicted molar refractivity (Wildman–Crippen MR) is 81.9 cm³/mol. The molecule has 0 amide bonds. The molecule has 1 aliphatic heterocycles. The van der Waals surface area contributed by atoms with Gasteiger partial charge < -0.3 is 15.2 Å². The third-order valence-electron chi connectivity index (χ3n) is 5.14. The number of hydrogen-bond acceptors (Lipinski definition) is 4. The molecule has 0 radical (unpaired) electrons. The van der Waals surface area contributed by atoms with E-state index in [0.717, 1.165) is 18.6 Å². The van der Waals surface area contributed by atoms with Crippen molar-refractivity contribution in [3.8, 4) is 0 Å². The molecule has 1 aliphatic carbocycles. The third-order valence-corrected chi connectivity index (χ3v) is 5.82. The van der Waals surface area contributed by atoms with E-state index in [1.165, 1.54) is 6.42 Å². The topological polar surface area (TPSA) is 41.5 Å². The minimum Gasteiger partial charge on any atom is -0.384 e. The Labute approximate surface area is 125 Å². The minimum atomic E-state index is -0.795. The van der Waals surface area contributed by atoms with Crippen LogP contribution in [0.25, 0.3) is 0 Å². The maximum Gasteiger partial charge on any atom is 0.1000 e. The largest absolute Gasteiger partial charge is 0.384 e. The second-order valence-electron chi connectivity index (χ2n) is 7.06. The summed E-state index contributed by atoms with van der Waals surface area (Å²) in [6.45, 7) is 7.94. The lowest BCUT2D eigenvalue weighted by Gasteiger charge is -2.60. The van der Waals surface area contributed by atoms with Crippen LogP contribution in [-0.4, -0.2) is 30.4 Å². The van der Waals surface area contributed by atoms with Crippen LogP contribution in [0.1, 0.15) is 39.2 Å². The van der Waals surface area contributed by atoms with Crippen molar-refractivity contribution in [2.24, 2.45) is 11.3 Å². The molecule has 20 heavy (non-hydrogen) atoms. The van der Waals surface area contributed by atoms with Crippen molar-refractivity contribution in [2.75, 3.05) is 13.2 Å². The van der Waals surface area contributed by atoms with Gasteiger partial charge in [0.25, 0.3) is 0 Å². The van der Waals surface area contributed by atoms with Crippen LogP contribution in [0.3, 0.4) is 0 Å². The van der Waals surface area contributed by atoms with Gasteiger partial charge in [-0.2, -0.15) is 11.3 Å². The molecule has 0 bridgehead atoms. The fraction of sp³-hybridized carbons (Fsp3) is 0.750. The second-order valence-corrected chi connectivity index (χ2v) is 7.84. The highest BCUT2D eigenvalue weighted by Crippen LogP contribution is 2.51. The van der Waals surface area contributed by atoms with Crippen LogP contribution >= 0.6 is 11.3 Å². The summed E-state index contributed by atoms with van der Waals surface area (Å²) >= 11 is 1.63. The zero-order valence-corrected chi connectivity index (χ0v) is 13.4. The molecule has 3 rings (SSSR count). The molecule has 1 aromatic rings. The molecule has 0 spiro atoms.